The number of nitrogens with two attached hydrogens (primary N) is 1. The summed E-state index contributed by atoms with van der Waals surface area (Å²) in [6, 6.07) is 6.89. The highest BCUT2D eigenvalue weighted by atomic mass is 16.6. The Hall–Kier alpha value is -2.61. The van der Waals surface area contributed by atoms with Gasteiger partial charge in [-0.15, -0.1) is 0 Å². The van der Waals surface area contributed by atoms with Crippen LogP contribution >= 0.6 is 0 Å². The van der Waals surface area contributed by atoms with Gasteiger partial charge in [0.2, 0.25) is 5.91 Å². The minimum atomic E-state index is -0.811. The predicted molar refractivity (Wildman–Crippen MR) is 112 cm³/mol. The van der Waals surface area contributed by atoms with Gasteiger partial charge in [-0.3, -0.25) is 20.4 Å². The lowest BCUT2D eigenvalue weighted by atomic mass is 10.0. The summed E-state index contributed by atoms with van der Waals surface area (Å²) >= 11 is 0. The minimum Gasteiger partial charge on any atom is -0.444 e. The molecule has 8 nitrogen and oxygen atoms in total. The van der Waals surface area contributed by atoms with E-state index in [1.165, 1.54) is 0 Å². The lowest BCUT2D eigenvalue weighted by Crippen LogP contribution is -2.53. The molecule has 1 unspecified atom stereocenters. The molecule has 1 aromatic carbocycles. The van der Waals surface area contributed by atoms with Gasteiger partial charge in [-0.1, -0.05) is 38.1 Å². The summed E-state index contributed by atoms with van der Waals surface area (Å²) in [6.07, 6.45) is 0.494. The maximum Gasteiger partial charge on any atom is 0.408 e. The Morgan fingerprint density at radius 2 is 1.62 bits per heavy atom. The van der Waals surface area contributed by atoms with E-state index in [2.05, 4.69) is 16.2 Å². The summed E-state index contributed by atoms with van der Waals surface area (Å²) in [7, 11) is 0. The lowest BCUT2D eigenvalue weighted by Gasteiger charge is -2.24. The van der Waals surface area contributed by atoms with E-state index in [1.807, 2.05) is 38.1 Å². The van der Waals surface area contributed by atoms with E-state index in [0.717, 1.165) is 11.1 Å². The molecule has 0 aliphatic heterocycles. The predicted octanol–water partition coefficient (Wildman–Crippen LogP) is 2.16. The van der Waals surface area contributed by atoms with Crippen molar-refractivity contribution in [1.29, 1.82) is 0 Å². The van der Waals surface area contributed by atoms with Gasteiger partial charge in [0.1, 0.15) is 11.6 Å². The number of rotatable bonds is 8. The molecular formula is C21H34N4O4. The van der Waals surface area contributed by atoms with E-state index < -0.39 is 23.6 Å². The highest BCUT2D eigenvalue weighted by Crippen LogP contribution is 2.10. The number of hydrogen-bond acceptors (Lipinski definition) is 5. The van der Waals surface area contributed by atoms with Crippen LogP contribution in [0.15, 0.2) is 24.3 Å². The molecule has 0 fully saturated rings. The van der Waals surface area contributed by atoms with E-state index in [9.17, 15) is 14.4 Å². The molecule has 0 aliphatic carbocycles. The molecule has 0 bridgehead atoms. The number of amides is 3. The molecule has 5 N–H and O–H groups in total. The number of aryl methyl sites for hydroxylation is 1. The smallest absolute Gasteiger partial charge is 0.408 e. The van der Waals surface area contributed by atoms with Gasteiger partial charge in [0.05, 0.1) is 0 Å². The van der Waals surface area contributed by atoms with Crippen LogP contribution in [0.3, 0.4) is 0 Å². The fourth-order valence-corrected chi connectivity index (χ4v) is 2.53. The number of carbonyl (C=O) groups is 3. The van der Waals surface area contributed by atoms with Crippen LogP contribution in [0.2, 0.25) is 0 Å². The van der Waals surface area contributed by atoms with Crippen LogP contribution in [0.4, 0.5) is 4.79 Å². The summed E-state index contributed by atoms with van der Waals surface area (Å²) in [6.45, 7) is 9.58. The molecule has 0 saturated heterocycles. The standard InChI is InChI=1S/C21H34N4O4/c1-14(2)12-17(23-20(28)29-21(3,4)5)19(27)25-24-18(26)11-10-15-6-8-16(13-22)9-7-15/h6-9,14,17H,10-13,22H2,1-5H3,(H,23,28)(H,24,26)(H,25,27). The Morgan fingerprint density at radius 1 is 1.03 bits per heavy atom. The Kier molecular flexibility index (Phi) is 9.61. The van der Waals surface area contributed by atoms with E-state index >= 15 is 0 Å². The second-order valence-corrected chi connectivity index (χ2v) is 8.39. The molecule has 162 valence electrons. The number of ether oxygens (including phenoxy) is 1. The van der Waals surface area contributed by atoms with Gasteiger partial charge in [-0.05, 0) is 50.7 Å². The summed E-state index contributed by atoms with van der Waals surface area (Å²) in [4.78, 5) is 36.5. The van der Waals surface area contributed by atoms with E-state index in [-0.39, 0.29) is 18.2 Å². The largest absolute Gasteiger partial charge is 0.444 e. The van der Waals surface area contributed by atoms with Crippen LogP contribution in [0.1, 0.15) is 58.6 Å². The maximum atomic E-state index is 12.4. The summed E-state index contributed by atoms with van der Waals surface area (Å²) in [5, 5.41) is 2.56. The molecule has 1 aromatic rings. The van der Waals surface area contributed by atoms with Crippen LogP contribution in [0.25, 0.3) is 0 Å². The number of hydrogen-bond donors (Lipinski definition) is 4. The first-order chi connectivity index (χ1) is 13.5. The van der Waals surface area contributed by atoms with Gasteiger partial charge in [0.25, 0.3) is 5.91 Å². The number of nitrogens with one attached hydrogen (secondary N) is 3. The Bertz CT molecular complexity index is 681. The van der Waals surface area contributed by atoms with Crippen molar-refractivity contribution < 1.29 is 19.1 Å². The highest BCUT2D eigenvalue weighted by Gasteiger charge is 2.25. The van der Waals surface area contributed by atoms with Gasteiger partial charge in [0.15, 0.2) is 0 Å². The first-order valence-corrected chi connectivity index (χ1v) is 9.86. The SMILES string of the molecule is CC(C)CC(NC(=O)OC(C)(C)C)C(=O)NNC(=O)CCc1ccc(CN)cc1. The van der Waals surface area contributed by atoms with Crippen molar-refractivity contribution in [3.05, 3.63) is 35.4 Å². The zero-order valence-electron chi connectivity index (χ0n) is 18.0. The van der Waals surface area contributed by atoms with Crippen molar-refractivity contribution in [3.63, 3.8) is 0 Å². The van der Waals surface area contributed by atoms with E-state index in [0.29, 0.717) is 19.4 Å². The fourth-order valence-electron chi connectivity index (χ4n) is 2.53. The van der Waals surface area contributed by atoms with Crippen molar-refractivity contribution in [3.8, 4) is 0 Å². The van der Waals surface area contributed by atoms with Gasteiger partial charge >= 0.3 is 6.09 Å². The van der Waals surface area contributed by atoms with Crippen LogP contribution in [0, 0.1) is 5.92 Å². The van der Waals surface area contributed by atoms with Crippen molar-refractivity contribution in [2.75, 3.05) is 0 Å². The zero-order chi connectivity index (χ0) is 22.0. The van der Waals surface area contributed by atoms with Crippen molar-refractivity contribution in [1.82, 2.24) is 16.2 Å². The van der Waals surface area contributed by atoms with Gasteiger partial charge in [-0.25, -0.2) is 4.79 Å². The first-order valence-electron chi connectivity index (χ1n) is 9.86. The maximum absolute atomic E-state index is 12.4. The normalized spacial score (nSPS) is 12.2. The molecule has 0 heterocycles. The van der Waals surface area contributed by atoms with Gasteiger partial charge in [0, 0.05) is 13.0 Å². The Labute approximate surface area is 172 Å². The van der Waals surface area contributed by atoms with Crippen LogP contribution < -0.4 is 21.9 Å². The Balaban J connectivity index is 2.51. The second-order valence-electron chi connectivity index (χ2n) is 8.39. The third-order valence-electron chi connectivity index (χ3n) is 3.94. The monoisotopic (exact) mass is 406 g/mol. The topological polar surface area (TPSA) is 123 Å². The average Bonchev–Trinajstić information content (AvgIpc) is 2.62. The van der Waals surface area contributed by atoms with Gasteiger partial charge in [-0.2, -0.15) is 0 Å². The quantitative estimate of drug-likeness (QED) is 0.493. The highest BCUT2D eigenvalue weighted by molar-refractivity contribution is 5.87. The molecule has 1 rings (SSSR count). The molecule has 3 amide bonds. The number of hydrazine groups is 1. The summed E-state index contributed by atoms with van der Waals surface area (Å²) in [5.41, 5.74) is 11.7. The van der Waals surface area contributed by atoms with Crippen molar-refractivity contribution >= 4 is 17.9 Å². The molecule has 0 spiro atoms. The second kappa shape index (κ2) is 11.4. The number of alkyl carbamates (subject to hydrolysis) is 1. The van der Waals surface area contributed by atoms with Crippen LogP contribution in [-0.2, 0) is 27.3 Å². The molecule has 1 atom stereocenters. The molecule has 0 aromatic heterocycles. The van der Waals surface area contributed by atoms with Crippen molar-refractivity contribution in [2.45, 2.75) is 72.1 Å². The lowest BCUT2D eigenvalue weighted by molar-refractivity contribution is -0.130. The molecule has 0 radical (unpaired) electrons. The van der Waals surface area contributed by atoms with E-state index in [4.69, 9.17) is 10.5 Å². The van der Waals surface area contributed by atoms with Crippen molar-refractivity contribution in [2.24, 2.45) is 11.7 Å². The van der Waals surface area contributed by atoms with Crippen LogP contribution in [-0.4, -0.2) is 29.6 Å². The average molecular weight is 407 g/mol. The molecule has 0 saturated carbocycles. The molecule has 0 aliphatic rings. The molecule has 8 heteroatoms. The third-order valence-corrected chi connectivity index (χ3v) is 3.94. The first kappa shape index (κ1) is 24.4. The third kappa shape index (κ3) is 10.5. The minimum absolute atomic E-state index is 0.160. The fraction of sp³-hybridized carbons (Fsp3) is 0.571. The number of carbonyl (C=O) groups excluding carboxylic acids is 3. The van der Waals surface area contributed by atoms with E-state index in [1.54, 1.807) is 20.8 Å². The molecule has 29 heavy (non-hydrogen) atoms. The summed E-state index contributed by atoms with van der Waals surface area (Å²) in [5.74, 6) is -0.653. The summed E-state index contributed by atoms with van der Waals surface area (Å²) < 4.78 is 5.20. The van der Waals surface area contributed by atoms with Gasteiger partial charge < -0.3 is 15.8 Å². The van der Waals surface area contributed by atoms with Crippen LogP contribution in [0.5, 0.6) is 0 Å². The molecular weight excluding hydrogens is 372 g/mol. The zero-order valence-corrected chi connectivity index (χ0v) is 18.0. The number of benzene rings is 1. The Morgan fingerprint density at radius 3 is 2.14 bits per heavy atom.